The van der Waals surface area contributed by atoms with Crippen molar-refractivity contribution in [3.05, 3.63) is 0 Å². The highest BCUT2D eigenvalue weighted by Gasteiger charge is 2.48. The highest BCUT2D eigenvalue weighted by molar-refractivity contribution is 7.30. The molecule has 9 nitrogen and oxygen atoms in total. The summed E-state index contributed by atoms with van der Waals surface area (Å²) in [4.78, 5) is 69.4. The third kappa shape index (κ3) is 3.11. The molecule has 4 aliphatic carbocycles. The van der Waals surface area contributed by atoms with Gasteiger partial charge in [-0.05, 0) is 25.7 Å². The average Bonchev–Trinajstić information content (AvgIpc) is 3.65. The molecule has 3 heterocycles. The van der Waals surface area contributed by atoms with Crippen molar-refractivity contribution in [2.45, 2.75) is 51.4 Å². The van der Waals surface area contributed by atoms with E-state index in [1.165, 1.54) is 22.7 Å². The van der Waals surface area contributed by atoms with Gasteiger partial charge in [0.05, 0.1) is 9.40 Å². The second-order valence-corrected chi connectivity index (χ2v) is 12.2. The zero-order valence-corrected chi connectivity index (χ0v) is 21.3. The van der Waals surface area contributed by atoms with E-state index in [0.717, 1.165) is 60.8 Å². The molecule has 0 spiro atoms. The maximum Gasteiger partial charge on any atom is 0.212 e. The second-order valence-electron chi connectivity index (χ2n) is 10.2. The number of hydrogen-bond acceptors (Lipinski definition) is 10. The predicted molar refractivity (Wildman–Crippen MR) is 137 cm³/mol. The molecule has 3 aromatic heterocycles. The van der Waals surface area contributed by atoms with Crippen LogP contribution in [-0.2, 0) is 26.2 Å². The molecule has 7 rings (SSSR count). The van der Waals surface area contributed by atoms with Gasteiger partial charge in [0.15, 0.2) is 45.9 Å². The molecule has 3 aromatic rings. The largest absolute Gasteiger partial charge is 0.312 e. The number of hydrogen-bond donors (Lipinski definition) is 0. The van der Waals surface area contributed by atoms with E-state index in [1.54, 1.807) is 0 Å². The fourth-order valence-electron chi connectivity index (χ4n) is 6.42. The molecule has 4 fully saturated rings. The van der Waals surface area contributed by atoms with Crippen LogP contribution in [0.1, 0.15) is 51.4 Å². The summed E-state index contributed by atoms with van der Waals surface area (Å²) < 4.78 is 3.49. The molecule has 0 amide bonds. The van der Waals surface area contributed by atoms with Crippen molar-refractivity contribution >= 4 is 88.2 Å². The zero-order valence-electron chi connectivity index (χ0n) is 19.7. The van der Waals surface area contributed by atoms with Gasteiger partial charge in [0.2, 0.25) is 10.3 Å². The van der Waals surface area contributed by atoms with E-state index in [-0.39, 0.29) is 58.2 Å². The van der Waals surface area contributed by atoms with E-state index in [9.17, 15) is 19.2 Å². The molecular weight excluding hydrogens is 498 g/mol. The third-order valence-electron chi connectivity index (χ3n) is 8.27. The molecule has 4 saturated carbocycles. The number of aliphatic imine (C=N–C) groups is 2. The van der Waals surface area contributed by atoms with Gasteiger partial charge in [-0.25, -0.2) is 9.98 Å². The lowest BCUT2D eigenvalue weighted by Gasteiger charge is -2.20. The van der Waals surface area contributed by atoms with Crippen molar-refractivity contribution in [3.63, 3.8) is 0 Å². The Bertz CT molecular complexity index is 1410. The Morgan fingerprint density at radius 1 is 0.639 bits per heavy atom. The Balaban J connectivity index is 1.25. The topological polar surface area (TPSA) is 124 Å². The van der Waals surface area contributed by atoms with Gasteiger partial charge < -0.3 is 4.57 Å². The Kier molecular flexibility index (Phi) is 4.98. The summed E-state index contributed by atoms with van der Waals surface area (Å²) in [5, 5.41) is 0.749. The summed E-state index contributed by atoms with van der Waals surface area (Å²) >= 11 is 2.62. The van der Waals surface area contributed by atoms with Crippen molar-refractivity contribution in [3.8, 4) is 0 Å². The number of carbonyl (C=O) groups is 4. The van der Waals surface area contributed by atoms with Gasteiger partial charge in [-0.15, -0.1) is 0 Å². The van der Waals surface area contributed by atoms with Gasteiger partial charge in [0.1, 0.15) is 0 Å². The first kappa shape index (κ1) is 22.3. The molecule has 0 aromatic carbocycles. The number of thiazole rings is 2. The van der Waals surface area contributed by atoms with Gasteiger partial charge in [0.25, 0.3) is 0 Å². The van der Waals surface area contributed by atoms with E-state index in [2.05, 4.69) is 20.0 Å². The number of ketones is 4. The molecule has 4 aliphatic rings. The van der Waals surface area contributed by atoms with E-state index in [0.29, 0.717) is 21.6 Å². The van der Waals surface area contributed by atoms with Crippen LogP contribution in [0.2, 0.25) is 0 Å². The highest BCUT2D eigenvalue weighted by Crippen LogP contribution is 2.43. The number of rotatable bonds is 2. The summed E-state index contributed by atoms with van der Waals surface area (Å²) in [5.74, 6) is -1.46. The van der Waals surface area contributed by atoms with Crippen molar-refractivity contribution in [2.24, 2.45) is 40.7 Å². The Labute approximate surface area is 213 Å². The maximum atomic E-state index is 12.8. The normalized spacial score (nSPS) is 28.5. The summed E-state index contributed by atoms with van der Waals surface area (Å²) in [5.41, 5.74) is 1.42. The molecule has 4 atom stereocenters. The minimum atomic E-state index is -0.223. The molecule has 0 aliphatic heterocycles. The highest BCUT2D eigenvalue weighted by atomic mass is 32.1. The Morgan fingerprint density at radius 2 is 0.972 bits per heavy atom. The lowest BCUT2D eigenvalue weighted by atomic mass is 9.81. The van der Waals surface area contributed by atoms with Crippen LogP contribution >= 0.6 is 22.7 Å². The van der Waals surface area contributed by atoms with Gasteiger partial charge in [0, 0.05) is 30.7 Å². The van der Waals surface area contributed by atoms with Crippen LogP contribution in [0.3, 0.4) is 0 Å². The molecular formula is C25H23N5O4S2. The van der Waals surface area contributed by atoms with E-state index in [1.807, 2.05) is 11.6 Å². The number of aromatic nitrogens is 3. The molecule has 0 radical (unpaired) electrons. The molecule has 0 bridgehead atoms. The van der Waals surface area contributed by atoms with Crippen LogP contribution < -0.4 is 0 Å². The first-order valence-corrected chi connectivity index (χ1v) is 14.2. The van der Waals surface area contributed by atoms with E-state index >= 15 is 0 Å². The lowest BCUT2D eigenvalue weighted by molar-refractivity contribution is -0.120. The molecule has 0 N–H and O–H groups in total. The van der Waals surface area contributed by atoms with E-state index < -0.39 is 0 Å². The number of Topliss-reactive ketones (excluding diaryl/α,β-unsaturated/α-hetero) is 4. The van der Waals surface area contributed by atoms with Crippen LogP contribution in [-0.4, -0.2) is 49.1 Å². The van der Waals surface area contributed by atoms with Gasteiger partial charge >= 0.3 is 0 Å². The Morgan fingerprint density at radius 3 is 1.31 bits per heavy atom. The molecule has 36 heavy (non-hydrogen) atoms. The summed E-state index contributed by atoms with van der Waals surface area (Å²) in [6, 6.07) is 0. The van der Waals surface area contributed by atoms with Crippen molar-refractivity contribution < 1.29 is 19.2 Å². The van der Waals surface area contributed by atoms with Crippen molar-refractivity contribution in [1.82, 2.24) is 14.5 Å². The standard InChI is InChI=1S/C25H23N5O4S2/c1-30-22-20(35-24(28-22)26-14-16(31)10-6-2-3-7-11(10)17(14)32)21-23(30)29-25(36-21)27-15-18(33)12-8-4-5-9-13(12)19(15)34/h10-13H,2-9H2,1H3. The monoisotopic (exact) mass is 521 g/mol. The van der Waals surface area contributed by atoms with E-state index in [4.69, 9.17) is 0 Å². The lowest BCUT2D eigenvalue weighted by Crippen LogP contribution is -2.21. The van der Waals surface area contributed by atoms with Crippen LogP contribution in [0.15, 0.2) is 9.98 Å². The zero-order chi connectivity index (χ0) is 24.7. The predicted octanol–water partition coefficient (Wildman–Crippen LogP) is 4.31. The summed E-state index contributed by atoms with van der Waals surface area (Å²) in [6.45, 7) is 0. The van der Waals surface area contributed by atoms with Crippen LogP contribution in [0.25, 0.3) is 20.7 Å². The van der Waals surface area contributed by atoms with Crippen LogP contribution in [0.4, 0.5) is 10.3 Å². The number of nitrogens with zero attached hydrogens (tertiary/aromatic N) is 5. The number of aryl methyl sites for hydroxylation is 1. The SMILES string of the molecule is Cn1c2nc(N=C3C(=O)C4CCCCC4C3=O)sc2c2sc(N=C3C(=O)C4CCCCC4C3=O)nc21. The van der Waals surface area contributed by atoms with Gasteiger partial charge in [-0.1, -0.05) is 48.4 Å². The van der Waals surface area contributed by atoms with Crippen molar-refractivity contribution in [2.75, 3.05) is 0 Å². The number of carbonyl (C=O) groups excluding carboxylic acids is 4. The maximum absolute atomic E-state index is 12.8. The fourth-order valence-corrected chi connectivity index (χ4v) is 8.49. The van der Waals surface area contributed by atoms with Crippen molar-refractivity contribution in [1.29, 1.82) is 0 Å². The van der Waals surface area contributed by atoms with Gasteiger partial charge in [-0.3, -0.25) is 19.2 Å². The van der Waals surface area contributed by atoms with Gasteiger partial charge in [-0.2, -0.15) is 9.97 Å². The Hall–Kier alpha value is -2.92. The quantitative estimate of drug-likeness (QED) is 0.495. The first-order chi connectivity index (χ1) is 17.4. The smallest absolute Gasteiger partial charge is 0.212 e. The molecule has 0 saturated heterocycles. The molecule has 4 unspecified atom stereocenters. The average molecular weight is 522 g/mol. The van der Waals surface area contributed by atoms with Crippen LogP contribution in [0, 0.1) is 23.7 Å². The van der Waals surface area contributed by atoms with Crippen LogP contribution in [0.5, 0.6) is 0 Å². The minimum absolute atomic E-state index is 0.0401. The summed E-state index contributed by atoms with van der Waals surface area (Å²) in [7, 11) is 1.83. The molecule has 184 valence electrons. The third-order valence-corrected chi connectivity index (χ3v) is 10.3. The first-order valence-electron chi connectivity index (χ1n) is 12.5. The number of fused-ring (bicyclic) bond motifs is 5. The minimum Gasteiger partial charge on any atom is -0.312 e. The molecule has 11 heteroatoms. The fraction of sp³-hybridized carbons (Fsp3) is 0.520. The summed E-state index contributed by atoms with van der Waals surface area (Å²) in [6.07, 6.45) is 6.93. The second kappa shape index (κ2) is 8.04.